The maximum absolute atomic E-state index is 11.7. The highest BCUT2D eigenvalue weighted by atomic mass is 19.4. The molecule has 23 heavy (non-hydrogen) atoms. The molecular formula is C16H15F5O2. The van der Waals surface area contributed by atoms with Crippen LogP contribution in [0, 0.1) is 13.8 Å². The van der Waals surface area contributed by atoms with E-state index in [0.717, 1.165) is 5.56 Å². The Balaban J connectivity index is 0.000000231. The molecule has 0 atom stereocenters. The minimum atomic E-state index is -4.61. The lowest BCUT2D eigenvalue weighted by molar-refractivity contribution is -0.274. The Labute approximate surface area is 130 Å². The number of rotatable bonds is 3. The first-order chi connectivity index (χ1) is 10.7. The molecule has 0 aliphatic rings. The van der Waals surface area contributed by atoms with E-state index in [1.54, 1.807) is 31.2 Å². The first-order valence-corrected chi connectivity index (χ1v) is 6.50. The van der Waals surface area contributed by atoms with Gasteiger partial charge in [-0.05, 0) is 43.2 Å². The minimum absolute atomic E-state index is 0.148. The van der Waals surface area contributed by atoms with Crippen LogP contribution in [0.5, 0.6) is 11.5 Å². The molecule has 2 aromatic rings. The number of para-hydroxylation sites is 1. The van der Waals surface area contributed by atoms with E-state index in [-0.39, 0.29) is 11.5 Å². The summed E-state index contributed by atoms with van der Waals surface area (Å²) in [6, 6.07) is 12.5. The smallest absolute Gasteiger partial charge is 0.435 e. The summed E-state index contributed by atoms with van der Waals surface area (Å²) in [6.07, 6.45) is -4.61. The summed E-state index contributed by atoms with van der Waals surface area (Å²) >= 11 is 0. The Morgan fingerprint density at radius 1 is 0.913 bits per heavy atom. The van der Waals surface area contributed by atoms with Crippen LogP contribution in [-0.4, -0.2) is 13.0 Å². The van der Waals surface area contributed by atoms with Crippen LogP contribution in [0.25, 0.3) is 0 Å². The Bertz CT molecular complexity index is 611. The van der Waals surface area contributed by atoms with Crippen LogP contribution in [0.3, 0.4) is 0 Å². The molecule has 2 nitrogen and oxygen atoms in total. The maximum atomic E-state index is 11.7. The number of ether oxygens (including phenoxy) is 2. The van der Waals surface area contributed by atoms with Crippen molar-refractivity contribution in [2.24, 2.45) is 0 Å². The molecule has 0 aliphatic heterocycles. The van der Waals surface area contributed by atoms with Crippen LogP contribution in [0.4, 0.5) is 22.0 Å². The van der Waals surface area contributed by atoms with Crippen molar-refractivity contribution in [2.75, 3.05) is 0 Å². The zero-order valence-corrected chi connectivity index (χ0v) is 12.4. The monoisotopic (exact) mass is 334 g/mol. The van der Waals surface area contributed by atoms with E-state index in [1.165, 1.54) is 18.2 Å². The summed E-state index contributed by atoms with van der Waals surface area (Å²) in [5.74, 6) is 0.0602. The lowest BCUT2D eigenvalue weighted by atomic mass is 10.2. The van der Waals surface area contributed by atoms with Gasteiger partial charge in [0.1, 0.15) is 11.5 Å². The fraction of sp³-hybridized carbons (Fsp3) is 0.250. The Kier molecular flexibility index (Phi) is 6.81. The van der Waals surface area contributed by atoms with Gasteiger partial charge < -0.3 is 9.47 Å². The predicted molar refractivity (Wildman–Crippen MR) is 75.7 cm³/mol. The number of hydrogen-bond donors (Lipinski definition) is 0. The predicted octanol–water partition coefficient (Wildman–Crippen LogP) is 5.49. The van der Waals surface area contributed by atoms with Crippen molar-refractivity contribution in [3.05, 3.63) is 59.7 Å². The molecule has 0 N–H and O–H groups in total. The SMILES string of the molecule is Cc1cccc(OC(F)F)c1.Cc1ccccc1OC(F)(F)F. The van der Waals surface area contributed by atoms with Crippen molar-refractivity contribution >= 4 is 0 Å². The molecule has 0 saturated heterocycles. The van der Waals surface area contributed by atoms with Gasteiger partial charge in [-0.15, -0.1) is 13.2 Å². The van der Waals surface area contributed by atoms with Crippen LogP contribution in [-0.2, 0) is 0 Å². The van der Waals surface area contributed by atoms with Gasteiger partial charge in [-0.25, -0.2) is 0 Å². The molecule has 0 amide bonds. The fourth-order valence-electron chi connectivity index (χ4n) is 1.59. The van der Waals surface area contributed by atoms with Gasteiger partial charge in [0.25, 0.3) is 0 Å². The van der Waals surface area contributed by atoms with Gasteiger partial charge in [-0.1, -0.05) is 30.3 Å². The van der Waals surface area contributed by atoms with Crippen LogP contribution in [0.1, 0.15) is 11.1 Å². The van der Waals surface area contributed by atoms with E-state index >= 15 is 0 Å². The second kappa shape index (κ2) is 8.36. The van der Waals surface area contributed by atoms with Crippen LogP contribution in [0.15, 0.2) is 48.5 Å². The molecule has 0 aliphatic carbocycles. The van der Waals surface area contributed by atoms with Gasteiger partial charge in [0, 0.05) is 0 Å². The molecule has 0 spiro atoms. The van der Waals surface area contributed by atoms with E-state index < -0.39 is 13.0 Å². The third-order valence-corrected chi connectivity index (χ3v) is 2.53. The van der Waals surface area contributed by atoms with E-state index in [9.17, 15) is 22.0 Å². The highest BCUT2D eigenvalue weighted by Gasteiger charge is 2.31. The molecule has 7 heteroatoms. The molecule has 0 fully saturated rings. The summed E-state index contributed by atoms with van der Waals surface area (Å²) in [4.78, 5) is 0. The summed E-state index contributed by atoms with van der Waals surface area (Å²) < 4.78 is 66.3. The highest BCUT2D eigenvalue weighted by Crippen LogP contribution is 2.25. The lowest BCUT2D eigenvalue weighted by Crippen LogP contribution is -2.17. The Hall–Kier alpha value is -2.31. The van der Waals surface area contributed by atoms with Gasteiger partial charge in [-0.3, -0.25) is 0 Å². The van der Waals surface area contributed by atoms with Gasteiger partial charge in [0.05, 0.1) is 0 Å². The molecule has 0 heterocycles. The molecule has 126 valence electrons. The molecule has 2 aromatic carbocycles. The third-order valence-electron chi connectivity index (χ3n) is 2.53. The van der Waals surface area contributed by atoms with Crippen LogP contribution in [0.2, 0.25) is 0 Å². The maximum Gasteiger partial charge on any atom is 0.573 e. The van der Waals surface area contributed by atoms with Crippen LogP contribution < -0.4 is 9.47 Å². The molecule has 0 bridgehead atoms. The van der Waals surface area contributed by atoms with Crippen molar-refractivity contribution in [3.8, 4) is 11.5 Å². The van der Waals surface area contributed by atoms with Gasteiger partial charge in [-0.2, -0.15) is 8.78 Å². The van der Waals surface area contributed by atoms with Gasteiger partial charge in [0.15, 0.2) is 0 Å². The quantitative estimate of drug-likeness (QED) is 0.691. The number of halogens is 5. The second-order valence-corrected chi connectivity index (χ2v) is 4.51. The molecule has 0 unspecified atom stereocenters. The zero-order chi connectivity index (χ0) is 17.5. The Morgan fingerprint density at radius 3 is 2.09 bits per heavy atom. The van der Waals surface area contributed by atoms with Crippen molar-refractivity contribution in [1.82, 2.24) is 0 Å². The summed E-state index contributed by atoms with van der Waals surface area (Å²) in [5.41, 5.74) is 1.37. The van der Waals surface area contributed by atoms with E-state index in [0.29, 0.717) is 5.56 Å². The van der Waals surface area contributed by atoms with E-state index in [4.69, 9.17) is 0 Å². The molecule has 0 radical (unpaired) electrons. The normalized spacial score (nSPS) is 10.8. The lowest BCUT2D eigenvalue weighted by Gasteiger charge is -2.10. The fourth-order valence-corrected chi connectivity index (χ4v) is 1.59. The van der Waals surface area contributed by atoms with E-state index in [2.05, 4.69) is 9.47 Å². The van der Waals surface area contributed by atoms with Crippen molar-refractivity contribution in [3.63, 3.8) is 0 Å². The average Bonchev–Trinajstić information content (AvgIpc) is 2.40. The topological polar surface area (TPSA) is 18.5 Å². The van der Waals surface area contributed by atoms with Gasteiger partial charge >= 0.3 is 13.0 Å². The third kappa shape index (κ3) is 8.04. The molecular weight excluding hydrogens is 319 g/mol. The number of aryl methyl sites for hydroxylation is 2. The minimum Gasteiger partial charge on any atom is -0.435 e. The first-order valence-electron chi connectivity index (χ1n) is 6.50. The largest absolute Gasteiger partial charge is 0.573 e. The summed E-state index contributed by atoms with van der Waals surface area (Å²) in [7, 11) is 0. The summed E-state index contributed by atoms with van der Waals surface area (Å²) in [5, 5.41) is 0. The van der Waals surface area contributed by atoms with Crippen LogP contribution >= 0.6 is 0 Å². The van der Waals surface area contributed by atoms with E-state index in [1.807, 2.05) is 13.0 Å². The van der Waals surface area contributed by atoms with Crippen molar-refractivity contribution in [2.45, 2.75) is 26.8 Å². The zero-order valence-electron chi connectivity index (χ0n) is 12.4. The number of benzene rings is 2. The molecule has 0 saturated carbocycles. The molecule has 2 rings (SSSR count). The second-order valence-electron chi connectivity index (χ2n) is 4.51. The number of alkyl halides is 5. The first kappa shape index (κ1) is 18.7. The van der Waals surface area contributed by atoms with Gasteiger partial charge in [0.2, 0.25) is 0 Å². The van der Waals surface area contributed by atoms with Crippen molar-refractivity contribution < 1.29 is 31.4 Å². The standard InChI is InChI=1S/C8H7F3O.C8H8F2O/c1-6-4-2-3-5-7(6)12-8(9,10)11;1-6-3-2-4-7(5-6)11-8(9)10/h2-5H,1H3;2-5,8H,1H3. The Morgan fingerprint density at radius 2 is 1.57 bits per heavy atom. The highest BCUT2D eigenvalue weighted by molar-refractivity contribution is 5.31. The summed E-state index contributed by atoms with van der Waals surface area (Å²) in [6.45, 7) is 0.635. The number of hydrogen-bond acceptors (Lipinski definition) is 2. The van der Waals surface area contributed by atoms with Crippen molar-refractivity contribution in [1.29, 1.82) is 0 Å². The average molecular weight is 334 g/mol. The molecule has 0 aromatic heterocycles.